The smallest absolute Gasteiger partial charge is 0.323 e. The molecule has 100 valence electrons. The summed E-state index contributed by atoms with van der Waals surface area (Å²) in [4.78, 5) is 13.5. The number of hydrogen-bond donors (Lipinski definition) is 2. The Kier molecular flexibility index (Phi) is 5.36. The van der Waals surface area contributed by atoms with Crippen molar-refractivity contribution in [2.45, 2.75) is 38.3 Å². The minimum atomic E-state index is -0.820. The summed E-state index contributed by atoms with van der Waals surface area (Å²) >= 11 is 0. The first-order valence-corrected chi connectivity index (χ1v) is 6.25. The van der Waals surface area contributed by atoms with Crippen molar-refractivity contribution in [3.63, 3.8) is 0 Å². The molecule has 2 atom stereocenters. The number of nitrogens with zero attached hydrogens (tertiary/aromatic N) is 1. The van der Waals surface area contributed by atoms with Gasteiger partial charge in [0.2, 0.25) is 0 Å². The van der Waals surface area contributed by atoms with Crippen LogP contribution in [0.2, 0.25) is 0 Å². The van der Waals surface area contributed by atoms with Crippen molar-refractivity contribution >= 4 is 5.97 Å². The molecule has 1 aliphatic heterocycles. The van der Waals surface area contributed by atoms with Crippen LogP contribution in [0, 0.1) is 0 Å². The monoisotopic (exact) mass is 244 g/mol. The van der Waals surface area contributed by atoms with E-state index < -0.39 is 11.5 Å². The molecule has 0 saturated carbocycles. The molecule has 17 heavy (non-hydrogen) atoms. The van der Waals surface area contributed by atoms with Crippen LogP contribution in [0.25, 0.3) is 0 Å². The molecule has 2 unspecified atom stereocenters. The topological polar surface area (TPSA) is 61.8 Å². The lowest BCUT2D eigenvalue weighted by Crippen LogP contribution is -2.51. The van der Waals surface area contributed by atoms with Crippen LogP contribution in [0.15, 0.2) is 0 Å². The molecule has 0 amide bonds. The van der Waals surface area contributed by atoms with E-state index >= 15 is 0 Å². The van der Waals surface area contributed by atoms with E-state index in [1.54, 1.807) is 14.0 Å². The van der Waals surface area contributed by atoms with Crippen LogP contribution in [0.1, 0.15) is 26.7 Å². The highest BCUT2D eigenvalue weighted by Gasteiger charge is 2.33. The van der Waals surface area contributed by atoms with Crippen molar-refractivity contribution in [3.05, 3.63) is 0 Å². The van der Waals surface area contributed by atoms with E-state index in [4.69, 9.17) is 4.74 Å². The minimum absolute atomic E-state index is 0.310. The zero-order chi connectivity index (χ0) is 12.9. The van der Waals surface area contributed by atoms with Gasteiger partial charge in [-0.05, 0) is 26.3 Å². The van der Waals surface area contributed by atoms with Crippen LogP contribution >= 0.6 is 0 Å². The third-order valence-electron chi connectivity index (χ3n) is 3.53. The summed E-state index contributed by atoms with van der Waals surface area (Å²) < 4.78 is 5.29. The first-order chi connectivity index (χ1) is 8.01. The average molecular weight is 244 g/mol. The standard InChI is InChI=1S/C12H24N2O3/c1-4-13-12(2,11(15)16)6-8-14-7-5-10(9-14)17-3/h10,13H,4-9H2,1-3H3,(H,15,16). The molecule has 5 heteroatoms. The molecule has 1 rings (SSSR count). The Balaban J connectivity index is 2.40. The predicted octanol–water partition coefficient (Wildman–Crippen LogP) is 0.550. The van der Waals surface area contributed by atoms with Crippen LogP contribution in [-0.4, -0.2) is 60.9 Å². The van der Waals surface area contributed by atoms with E-state index in [0.717, 1.165) is 26.1 Å². The molecule has 1 aliphatic rings. The van der Waals surface area contributed by atoms with E-state index in [1.165, 1.54) is 0 Å². The van der Waals surface area contributed by atoms with Crippen molar-refractivity contribution in [1.29, 1.82) is 0 Å². The van der Waals surface area contributed by atoms with Gasteiger partial charge in [-0.2, -0.15) is 0 Å². The van der Waals surface area contributed by atoms with Crippen LogP contribution < -0.4 is 5.32 Å². The highest BCUT2D eigenvalue weighted by atomic mass is 16.5. The number of carboxylic acids is 1. The number of likely N-dealkylation sites (tertiary alicyclic amines) is 1. The van der Waals surface area contributed by atoms with Gasteiger partial charge in [-0.15, -0.1) is 0 Å². The normalized spacial score (nSPS) is 24.8. The molecule has 1 saturated heterocycles. The van der Waals surface area contributed by atoms with Gasteiger partial charge in [0.05, 0.1) is 6.10 Å². The number of ether oxygens (including phenoxy) is 1. The van der Waals surface area contributed by atoms with Gasteiger partial charge in [0.1, 0.15) is 5.54 Å². The highest BCUT2D eigenvalue weighted by molar-refractivity contribution is 5.78. The fraction of sp³-hybridized carbons (Fsp3) is 0.917. The summed E-state index contributed by atoms with van der Waals surface area (Å²) in [6.07, 6.45) is 1.97. The SMILES string of the molecule is CCNC(C)(CCN1CCC(OC)C1)C(=O)O. The Morgan fingerprint density at radius 2 is 2.35 bits per heavy atom. The number of carbonyl (C=O) groups is 1. The summed E-state index contributed by atoms with van der Waals surface area (Å²) in [6, 6.07) is 0. The second kappa shape index (κ2) is 6.33. The Labute approximate surface area is 103 Å². The van der Waals surface area contributed by atoms with Crippen molar-refractivity contribution in [3.8, 4) is 0 Å². The van der Waals surface area contributed by atoms with Crippen LogP contribution in [0.5, 0.6) is 0 Å². The predicted molar refractivity (Wildman–Crippen MR) is 66.2 cm³/mol. The van der Waals surface area contributed by atoms with Crippen molar-refractivity contribution in [1.82, 2.24) is 10.2 Å². The van der Waals surface area contributed by atoms with Gasteiger partial charge in [0.15, 0.2) is 0 Å². The molecule has 1 fully saturated rings. The average Bonchev–Trinajstić information content (AvgIpc) is 2.74. The van der Waals surface area contributed by atoms with E-state index in [1.807, 2.05) is 6.92 Å². The van der Waals surface area contributed by atoms with Crippen molar-refractivity contribution < 1.29 is 14.6 Å². The second-order valence-electron chi connectivity index (χ2n) is 4.86. The Morgan fingerprint density at radius 3 is 2.82 bits per heavy atom. The van der Waals surface area contributed by atoms with Gasteiger partial charge in [-0.3, -0.25) is 4.79 Å². The maximum absolute atomic E-state index is 11.2. The molecule has 0 aromatic heterocycles. The van der Waals surface area contributed by atoms with Gasteiger partial charge < -0.3 is 20.1 Å². The molecule has 2 N–H and O–H groups in total. The molecule has 0 aliphatic carbocycles. The fourth-order valence-electron chi connectivity index (χ4n) is 2.24. The number of nitrogens with one attached hydrogen (secondary N) is 1. The van der Waals surface area contributed by atoms with Crippen molar-refractivity contribution in [2.75, 3.05) is 33.3 Å². The van der Waals surface area contributed by atoms with Crippen molar-refractivity contribution in [2.24, 2.45) is 0 Å². The lowest BCUT2D eigenvalue weighted by Gasteiger charge is -2.28. The van der Waals surface area contributed by atoms with Gasteiger partial charge in [0, 0.05) is 26.7 Å². The number of methoxy groups -OCH3 is 1. The van der Waals surface area contributed by atoms with E-state index in [9.17, 15) is 9.90 Å². The molecule has 5 nitrogen and oxygen atoms in total. The van der Waals surface area contributed by atoms with Gasteiger partial charge in [0.25, 0.3) is 0 Å². The highest BCUT2D eigenvalue weighted by Crippen LogP contribution is 2.16. The number of carboxylic acid groups (broad SMARTS) is 1. The molecule has 0 aromatic rings. The maximum atomic E-state index is 11.2. The van der Waals surface area contributed by atoms with Crippen LogP contribution in [0.3, 0.4) is 0 Å². The van der Waals surface area contributed by atoms with Gasteiger partial charge in [-0.1, -0.05) is 6.92 Å². The van der Waals surface area contributed by atoms with E-state index in [-0.39, 0.29) is 0 Å². The van der Waals surface area contributed by atoms with E-state index in [0.29, 0.717) is 19.1 Å². The number of aliphatic carboxylic acids is 1. The lowest BCUT2D eigenvalue weighted by atomic mass is 9.97. The Morgan fingerprint density at radius 1 is 1.65 bits per heavy atom. The summed E-state index contributed by atoms with van der Waals surface area (Å²) in [5.74, 6) is -0.776. The molecule has 1 heterocycles. The fourth-order valence-corrected chi connectivity index (χ4v) is 2.24. The zero-order valence-electron chi connectivity index (χ0n) is 11.0. The first-order valence-electron chi connectivity index (χ1n) is 6.25. The van der Waals surface area contributed by atoms with Gasteiger partial charge in [-0.25, -0.2) is 0 Å². The largest absolute Gasteiger partial charge is 0.480 e. The maximum Gasteiger partial charge on any atom is 0.323 e. The lowest BCUT2D eigenvalue weighted by molar-refractivity contribution is -0.144. The molecular weight excluding hydrogens is 220 g/mol. The summed E-state index contributed by atoms with van der Waals surface area (Å²) in [6.45, 7) is 7.07. The number of rotatable bonds is 7. The minimum Gasteiger partial charge on any atom is -0.480 e. The van der Waals surface area contributed by atoms with Crippen LogP contribution in [0.4, 0.5) is 0 Å². The zero-order valence-corrected chi connectivity index (χ0v) is 11.0. The molecule has 0 bridgehead atoms. The molecular formula is C12H24N2O3. The number of hydrogen-bond acceptors (Lipinski definition) is 4. The molecule has 0 aromatic carbocycles. The Bertz CT molecular complexity index is 260. The van der Waals surface area contributed by atoms with Crippen LogP contribution in [-0.2, 0) is 9.53 Å². The van der Waals surface area contributed by atoms with E-state index in [2.05, 4.69) is 10.2 Å². The quantitative estimate of drug-likeness (QED) is 0.685. The molecule has 0 spiro atoms. The summed E-state index contributed by atoms with van der Waals surface area (Å²) in [7, 11) is 1.73. The third-order valence-corrected chi connectivity index (χ3v) is 3.53. The summed E-state index contributed by atoms with van der Waals surface area (Å²) in [5, 5.41) is 12.3. The molecule has 0 radical (unpaired) electrons. The van der Waals surface area contributed by atoms with Gasteiger partial charge >= 0.3 is 5.97 Å². The Hall–Kier alpha value is -0.650. The first kappa shape index (κ1) is 14.4. The summed E-state index contributed by atoms with van der Waals surface area (Å²) in [5.41, 5.74) is -0.820. The second-order valence-corrected chi connectivity index (χ2v) is 4.86. The third kappa shape index (κ3) is 3.94. The number of likely N-dealkylation sites (N-methyl/N-ethyl adjacent to an activating group) is 1.